The van der Waals surface area contributed by atoms with Gasteiger partial charge in [-0.3, -0.25) is 23.7 Å². The van der Waals surface area contributed by atoms with Crippen molar-refractivity contribution in [3.63, 3.8) is 0 Å². The molecule has 0 bridgehead atoms. The molecule has 5 rings (SSSR count). The molecule has 4 aromatic rings. The van der Waals surface area contributed by atoms with Gasteiger partial charge in [-0.1, -0.05) is 103 Å². The number of nitrogens with one attached hydrogen (secondary N) is 2. The number of hydrogen-bond donors (Lipinski definition) is 3. The topological polar surface area (TPSA) is 158 Å². The number of nitrogens with zero attached hydrogens (tertiary/aromatic N) is 1. The van der Waals surface area contributed by atoms with Gasteiger partial charge in [0.1, 0.15) is 30.7 Å². The van der Waals surface area contributed by atoms with Crippen LogP contribution in [0.2, 0.25) is 0 Å². The van der Waals surface area contributed by atoms with E-state index in [1.165, 1.54) is 21.8 Å². The highest BCUT2D eigenvalue weighted by Crippen LogP contribution is 2.48. The molecule has 14 heteroatoms. The zero-order chi connectivity index (χ0) is 34.3. The van der Waals surface area contributed by atoms with Gasteiger partial charge in [-0.25, -0.2) is 9.36 Å². The Morgan fingerprint density at radius 2 is 1.88 bits per heavy atom. The molecule has 2 heterocycles. The molecule has 0 radical (unpaired) electrons. The molecule has 0 spiro atoms. The van der Waals surface area contributed by atoms with E-state index in [0.717, 1.165) is 10.9 Å². The van der Waals surface area contributed by atoms with Crippen LogP contribution in [0.15, 0.2) is 93.6 Å². The maximum absolute atomic E-state index is 14.7. The lowest BCUT2D eigenvalue weighted by Crippen LogP contribution is -2.42. The van der Waals surface area contributed by atoms with Gasteiger partial charge >= 0.3 is 19.4 Å². The predicted octanol–water partition coefficient (Wildman–Crippen LogP) is 5.66. The van der Waals surface area contributed by atoms with Crippen LogP contribution in [0.3, 0.4) is 0 Å². The van der Waals surface area contributed by atoms with Gasteiger partial charge < -0.3 is 19.1 Å². The Hall–Kier alpha value is -3.84. The van der Waals surface area contributed by atoms with Gasteiger partial charge in [0, 0.05) is 18.0 Å². The molecular weight excluding hydrogens is 705 g/mol. The maximum Gasteiger partial charge on any atom is 0.459 e. The van der Waals surface area contributed by atoms with Crippen molar-refractivity contribution in [3.05, 3.63) is 116 Å². The summed E-state index contributed by atoms with van der Waals surface area (Å²) in [5.41, 5.74) is -0.320. The highest BCUT2D eigenvalue weighted by atomic mass is 79.9. The van der Waals surface area contributed by atoms with E-state index in [9.17, 15) is 24.1 Å². The van der Waals surface area contributed by atoms with E-state index in [2.05, 4.69) is 26.0 Å². The number of carbonyl (C=O) groups is 1. The third-order valence-corrected chi connectivity index (χ3v) is 9.90. The first-order chi connectivity index (χ1) is 23.1. The SMILES string of the molecule is CC[C@H](C)[C@H](NP(=O)(OC[C@H]1O[C@@H](n2cc(/C=C/Br)c(=O)[nH]c2=O)C[C@@H]1O)Oc1cccc2ccccc12)C(=O)OCc1ccccc1. The average molecular weight is 743 g/mol. The van der Waals surface area contributed by atoms with Gasteiger partial charge in [0.05, 0.1) is 18.3 Å². The molecule has 1 unspecified atom stereocenters. The first-order valence-electron chi connectivity index (χ1n) is 15.5. The Morgan fingerprint density at radius 1 is 1.15 bits per heavy atom. The first kappa shape index (κ1) is 35.5. The van der Waals surface area contributed by atoms with Crippen LogP contribution >= 0.6 is 23.7 Å². The third-order valence-electron chi connectivity index (χ3n) is 8.12. The molecule has 12 nitrogen and oxygen atoms in total. The first-order valence-corrected chi connectivity index (χ1v) is 17.9. The average Bonchev–Trinajstić information content (AvgIpc) is 3.46. The molecule has 1 aliphatic heterocycles. The summed E-state index contributed by atoms with van der Waals surface area (Å²) >= 11 is 3.12. The van der Waals surface area contributed by atoms with Crippen molar-refractivity contribution >= 4 is 46.5 Å². The fourth-order valence-electron chi connectivity index (χ4n) is 5.24. The van der Waals surface area contributed by atoms with Crippen LogP contribution in [0.5, 0.6) is 5.75 Å². The Bertz CT molecular complexity index is 1910. The van der Waals surface area contributed by atoms with Gasteiger partial charge in [0.15, 0.2) is 0 Å². The van der Waals surface area contributed by atoms with Crippen molar-refractivity contribution in [2.24, 2.45) is 5.92 Å². The molecule has 1 aliphatic rings. The molecule has 0 aliphatic carbocycles. The molecule has 254 valence electrons. The summed E-state index contributed by atoms with van der Waals surface area (Å²) in [7, 11) is -4.39. The van der Waals surface area contributed by atoms with Crippen LogP contribution in [0.25, 0.3) is 16.8 Å². The van der Waals surface area contributed by atoms with Crippen LogP contribution in [-0.4, -0.2) is 45.5 Å². The molecule has 1 aromatic heterocycles. The zero-order valence-electron chi connectivity index (χ0n) is 26.4. The van der Waals surface area contributed by atoms with Crippen LogP contribution < -0.4 is 20.9 Å². The number of H-pyrrole nitrogens is 1. The largest absolute Gasteiger partial charge is 0.460 e. The minimum absolute atomic E-state index is 0.0132. The van der Waals surface area contributed by atoms with Gasteiger partial charge in [-0.05, 0) is 34.0 Å². The molecule has 6 atom stereocenters. The van der Waals surface area contributed by atoms with E-state index in [4.69, 9.17) is 18.5 Å². The summed E-state index contributed by atoms with van der Waals surface area (Å²) in [6.45, 7) is 3.30. The van der Waals surface area contributed by atoms with E-state index in [-0.39, 0.29) is 30.3 Å². The van der Waals surface area contributed by atoms with E-state index in [1.807, 2.05) is 74.5 Å². The number of aromatic nitrogens is 2. The predicted molar refractivity (Wildman–Crippen MR) is 185 cm³/mol. The highest BCUT2D eigenvalue weighted by molar-refractivity contribution is 9.11. The van der Waals surface area contributed by atoms with E-state index in [0.29, 0.717) is 11.8 Å². The molecule has 1 saturated heterocycles. The Labute approximate surface area is 285 Å². The van der Waals surface area contributed by atoms with Gasteiger partial charge in [-0.15, -0.1) is 0 Å². The Balaban J connectivity index is 1.40. The minimum Gasteiger partial charge on any atom is -0.460 e. The lowest BCUT2D eigenvalue weighted by atomic mass is 10.0. The van der Waals surface area contributed by atoms with E-state index < -0.39 is 56.0 Å². The molecule has 48 heavy (non-hydrogen) atoms. The van der Waals surface area contributed by atoms with Gasteiger partial charge in [-0.2, -0.15) is 5.09 Å². The van der Waals surface area contributed by atoms with Crippen molar-refractivity contribution < 1.29 is 33.0 Å². The van der Waals surface area contributed by atoms with Crippen molar-refractivity contribution in [1.29, 1.82) is 0 Å². The van der Waals surface area contributed by atoms with Crippen molar-refractivity contribution in [3.8, 4) is 5.75 Å². The number of benzene rings is 3. The lowest BCUT2D eigenvalue weighted by molar-refractivity contribution is -0.148. The molecule has 1 fully saturated rings. The number of rotatable bonds is 14. The third kappa shape index (κ3) is 8.59. The summed E-state index contributed by atoms with van der Waals surface area (Å²) in [5, 5.41) is 15.2. The van der Waals surface area contributed by atoms with Gasteiger partial charge in [0.2, 0.25) is 0 Å². The van der Waals surface area contributed by atoms with E-state index in [1.54, 1.807) is 12.1 Å². The molecule has 3 N–H and O–H groups in total. The number of aliphatic hydroxyl groups is 1. The second-order valence-corrected chi connectivity index (χ2v) is 13.6. The number of esters is 1. The highest BCUT2D eigenvalue weighted by Gasteiger charge is 2.41. The second kappa shape index (κ2) is 16.0. The summed E-state index contributed by atoms with van der Waals surface area (Å²) in [5.74, 6) is -0.724. The Kier molecular flexibility index (Phi) is 11.9. The van der Waals surface area contributed by atoms with Crippen LogP contribution in [0.1, 0.15) is 44.0 Å². The molecule has 0 amide bonds. The molecule has 0 saturated carbocycles. The summed E-state index contributed by atoms with van der Waals surface area (Å²) in [6.07, 6.45) is 0.199. The zero-order valence-corrected chi connectivity index (χ0v) is 28.8. The summed E-state index contributed by atoms with van der Waals surface area (Å²) < 4.78 is 39.5. The number of fused-ring (bicyclic) bond motifs is 1. The molecule has 3 aromatic carbocycles. The van der Waals surface area contributed by atoms with Crippen LogP contribution in [-0.2, 0) is 30.0 Å². The Morgan fingerprint density at radius 3 is 2.62 bits per heavy atom. The maximum atomic E-state index is 14.7. The number of ether oxygens (including phenoxy) is 2. The fraction of sp³-hybridized carbons (Fsp3) is 0.324. The summed E-state index contributed by atoms with van der Waals surface area (Å²) in [4.78, 5) is 41.9. The number of halogens is 1. The van der Waals surface area contributed by atoms with E-state index >= 15 is 0 Å². The van der Waals surface area contributed by atoms with Crippen LogP contribution in [0, 0.1) is 5.92 Å². The molecular formula is C34H37BrN3O9P. The summed E-state index contributed by atoms with van der Waals surface area (Å²) in [6, 6.07) is 20.8. The minimum atomic E-state index is -4.39. The second-order valence-electron chi connectivity index (χ2n) is 11.4. The number of aromatic amines is 1. The van der Waals surface area contributed by atoms with Crippen molar-refractivity contribution in [2.75, 3.05) is 6.61 Å². The lowest BCUT2D eigenvalue weighted by Gasteiger charge is -2.28. The van der Waals surface area contributed by atoms with Crippen molar-refractivity contribution in [2.45, 2.75) is 57.8 Å². The van der Waals surface area contributed by atoms with Crippen LogP contribution in [0.4, 0.5) is 0 Å². The number of carbonyl (C=O) groups excluding carboxylic acids is 1. The normalized spacial score (nSPS) is 20.4. The fourth-order valence-corrected chi connectivity index (χ4v) is 7.17. The quantitative estimate of drug-likeness (QED) is 0.109. The van der Waals surface area contributed by atoms with Crippen molar-refractivity contribution in [1.82, 2.24) is 14.6 Å². The number of aliphatic hydroxyl groups excluding tert-OH is 1. The number of hydrogen-bond acceptors (Lipinski definition) is 9. The standard InChI is InChI=1S/C34H37BrN3O9P/c1-3-22(2)31(33(41)44-20-23-10-5-4-6-11-23)37-48(43,47-28-15-9-13-24-12-7-8-14-26(24)28)45-21-29-27(39)18-30(46-29)38-19-25(16-17-35)32(40)36-34(38)42/h4-17,19,22,27,29-31,39H,3,18,20-21H2,1-2H3,(H,37,43)(H,36,40,42)/b17-16+/t22-,27-,29+,30+,31-,48?/m0/s1. The monoisotopic (exact) mass is 741 g/mol. The van der Waals surface area contributed by atoms with Gasteiger partial charge in [0.25, 0.3) is 5.56 Å². The smallest absolute Gasteiger partial charge is 0.459 e.